The molecule has 1 amide bonds. The number of nitrogens with one attached hydrogen (secondary N) is 2. The van der Waals surface area contributed by atoms with E-state index in [4.69, 9.17) is 11.6 Å². The Balaban J connectivity index is 1.81. The molecule has 0 bridgehead atoms. The number of anilines is 1. The highest BCUT2D eigenvalue weighted by Crippen LogP contribution is 2.17. The van der Waals surface area contributed by atoms with Crippen molar-refractivity contribution < 1.29 is 13.2 Å². The van der Waals surface area contributed by atoms with Crippen LogP contribution in [-0.2, 0) is 27.1 Å². The van der Waals surface area contributed by atoms with Crippen molar-refractivity contribution in [1.82, 2.24) is 5.32 Å². The zero-order chi connectivity index (χ0) is 18.3. The Bertz CT molecular complexity index is 824. The van der Waals surface area contributed by atoms with Gasteiger partial charge in [-0.1, -0.05) is 41.9 Å². The molecule has 0 saturated carbocycles. The summed E-state index contributed by atoms with van der Waals surface area (Å²) in [5.41, 5.74) is 2.29. The predicted octanol–water partition coefficient (Wildman–Crippen LogP) is 3.26. The summed E-state index contributed by atoms with van der Waals surface area (Å²) in [5.74, 6) is 0.939. The van der Waals surface area contributed by atoms with Crippen LogP contribution in [0.1, 0.15) is 11.1 Å². The van der Waals surface area contributed by atoms with E-state index in [1.807, 2.05) is 24.3 Å². The maximum absolute atomic E-state index is 12.0. The molecule has 0 atom stereocenters. The molecule has 2 aromatic carbocycles. The highest BCUT2D eigenvalue weighted by molar-refractivity contribution is 7.99. The Hall–Kier alpha value is -1.70. The number of sulfonamides is 1. The van der Waals surface area contributed by atoms with Crippen LogP contribution in [-0.4, -0.2) is 26.3 Å². The minimum Gasteiger partial charge on any atom is -0.351 e. The maximum atomic E-state index is 12.0. The van der Waals surface area contributed by atoms with E-state index in [1.54, 1.807) is 24.3 Å². The van der Waals surface area contributed by atoms with Gasteiger partial charge in [0.05, 0.1) is 17.7 Å². The average Bonchev–Trinajstić information content (AvgIpc) is 2.54. The van der Waals surface area contributed by atoms with Crippen molar-refractivity contribution in [3.8, 4) is 0 Å². The van der Waals surface area contributed by atoms with Crippen LogP contribution in [0, 0.1) is 0 Å². The quantitative estimate of drug-likeness (QED) is 0.715. The van der Waals surface area contributed by atoms with Crippen LogP contribution in [0.3, 0.4) is 0 Å². The number of rotatable bonds is 8. The van der Waals surface area contributed by atoms with E-state index < -0.39 is 10.0 Å². The lowest BCUT2D eigenvalue weighted by Gasteiger charge is -2.11. The highest BCUT2D eigenvalue weighted by atomic mass is 35.5. The van der Waals surface area contributed by atoms with Gasteiger partial charge in [-0.3, -0.25) is 9.52 Å². The zero-order valence-corrected chi connectivity index (χ0v) is 16.0. The van der Waals surface area contributed by atoms with Gasteiger partial charge in [-0.15, -0.1) is 11.8 Å². The van der Waals surface area contributed by atoms with Gasteiger partial charge in [0.1, 0.15) is 0 Å². The van der Waals surface area contributed by atoms with Crippen molar-refractivity contribution in [2.45, 2.75) is 12.3 Å². The molecule has 0 unspecified atom stereocenters. The van der Waals surface area contributed by atoms with Crippen LogP contribution in [0.4, 0.5) is 5.69 Å². The molecule has 5 nitrogen and oxygen atoms in total. The van der Waals surface area contributed by atoms with Crippen LogP contribution >= 0.6 is 23.4 Å². The molecule has 0 aliphatic heterocycles. The average molecular weight is 399 g/mol. The first-order valence-corrected chi connectivity index (χ1v) is 10.9. The van der Waals surface area contributed by atoms with Crippen LogP contribution in [0.25, 0.3) is 0 Å². The number of para-hydroxylation sites is 1. The first-order valence-electron chi connectivity index (χ1n) is 7.48. The first kappa shape index (κ1) is 19.6. The molecule has 0 aromatic heterocycles. The molecule has 2 N–H and O–H groups in total. The Labute approximate surface area is 157 Å². The Kier molecular flexibility index (Phi) is 7.16. The Morgan fingerprint density at radius 1 is 1.12 bits per heavy atom. The van der Waals surface area contributed by atoms with E-state index in [9.17, 15) is 13.2 Å². The van der Waals surface area contributed by atoms with Crippen LogP contribution in [0.15, 0.2) is 48.5 Å². The number of carbonyl (C=O) groups excluding carboxylic acids is 1. The monoisotopic (exact) mass is 398 g/mol. The van der Waals surface area contributed by atoms with Crippen molar-refractivity contribution >= 4 is 45.0 Å². The number of thioether (sulfide) groups is 1. The summed E-state index contributed by atoms with van der Waals surface area (Å²) in [5, 5.41) is 3.49. The molecule has 0 aliphatic carbocycles. The highest BCUT2D eigenvalue weighted by Gasteiger charge is 2.08. The van der Waals surface area contributed by atoms with Crippen molar-refractivity contribution in [2.75, 3.05) is 16.7 Å². The molecule has 0 saturated heterocycles. The SMILES string of the molecule is CS(=O)(=O)Nc1ccccc1CNC(=O)CSCc1ccc(Cl)cc1. The molecule has 0 radical (unpaired) electrons. The molecule has 0 fully saturated rings. The van der Waals surface area contributed by atoms with Crippen molar-refractivity contribution in [1.29, 1.82) is 0 Å². The van der Waals surface area contributed by atoms with Crippen molar-refractivity contribution in [3.05, 3.63) is 64.7 Å². The summed E-state index contributed by atoms with van der Waals surface area (Å²) in [4.78, 5) is 12.0. The summed E-state index contributed by atoms with van der Waals surface area (Å²) in [6, 6.07) is 14.5. The van der Waals surface area contributed by atoms with Crippen LogP contribution in [0.5, 0.6) is 0 Å². The van der Waals surface area contributed by atoms with Gasteiger partial charge in [0, 0.05) is 17.3 Å². The lowest BCUT2D eigenvalue weighted by atomic mass is 10.2. The normalized spacial score (nSPS) is 11.1. The van der Waals surface area contributed by atoms with Gasteiger partial charge in [0.2, 0.25) is 15.9 Å². The second-order valence-electron chi connectivity index (χ2n) is 5.43. The third kappa shape index (κ3) is 7.37. The van der Waals surface area contributed by atoms with Gasteiger partial charge in [0.15, 0.2) is 0 Å². The van der Waals surface area contributed by atoms with Gasteiger partial charge in [-0.2, -0.15) is 0 Å². The number of hydrogen-bond donors (Lipinski definition) is 2. The number of amides is 1. The summed E-state index contributed by atoms with van der Waals surface area (Å²) in [7, 11) is -3.36. The largest absolute Gasteiger partial charge is 0.351 e. The van der Waals surface area contributed by atoms with Crippen molar-refractivity contribution in [2.24, 2.45) is 0 Å². The fraction of sp³-hybridized carbons (Fsp3) is 0.235. The smallest absolute Gasteiger partial charge is 0.230 e. The van der Waals surface area contributed by atoms with E-state index in [2.05, 4.69) is 10.0 Å². The molecule has 8 heteroatoms. The molecule has 134 valence electrons. The summed E-state index contributed by atoms with van der Waals surface area (Å²) in [6.07, 6.45) is 1.09. The van der Waals surface area contributed by atoms with Gasteiger partial charge < -0.3 is 5.32 Å². The molecule has 0 heterocycles. The zero-order valence-electron chi connectivity index (χ0n) is 13.7. The topological polar surface area (TPSA) is 75.3 Å². The minimum atomic E-state index is -3.36. The fourth-order valence-corrected chi connectivity index (χ4v) is 3.60. The number of hydrogen-bond acceptors (Lipinski definition) is 4. The number of carbonyl (C=O) groups is 1. The summed E-state index contributed by atoms with van der Waals surface area (Å²) >= 11 is 7.34. The lowest BCUT2D eigenvalue weighted by molar-refractivity contribution is -0.118. The Morgan fingerprint density at radius 3 is 2.48 bits per heavy atom. The maximum Gasteiger partial charge on any atom is 0.230 e. The second kappa shape index (κ2) is 9.12. The van der Waals surface area contributed by atoms with Gasteiger partial charge in [-0.05, 0) is 29.3 Å². The van der Waals surface area contributed by atoms with Crippen LogP contribution in [0.2, 0.25) is 5.02 Å². The molecule has 2 aromatic rings. The van der Waals surface area contributed by atoms with E-state index in [-0.39, 0.29) is 12.5 Å². The fourth-order valence-electron chi connectivity index (χ4n) is 2.06. The second-order valence-corrected chi connectivity index (χ2v) is 8.60. The predicted molar refractivity (Wildman–Crippen MR) is 104 cm³/mol. The van der Waals surface area contributed by atoms with Crippen LogP contribution < -0.4 is 10.0 Å². The van der Waals surface area contributed by atoms with Crippen molar-refractivity contribution in [3.63, 3.8) is 0 Å². The van der Waals surface area contributed by atoms with E-state index in [1.165, 1.54) is 11.8 Å². The Morgan fingerprint density at radius 2 is 1.80 bits per heavy atom. The number of benzene rings is 2. The van der Waals surface area contributed by atoms with E-state index >= 15 is 0 Å². The molecular formula is C17H19ClN2O3S2. The minimum absolute atomic E-state index is 0.104. The first-order chi connectivity index (χ1) is 11.8. The van der Waals surface area contributed by atoms with Gasteiger partial charge >= 0.3 is 0 Å². The third-order valence-electron chi connectivity index (χ3n) is 3.20. The molecule has 0 spiro atoms. The molecule has 0 aliphatic rings. The van der Waals surface area contributed by atoms with Gasteiger partial charge in [-0.25, -0.2) is 8.42 Å². The molecule has 25 heavy (non-hydrogen) atoms. The third-order valence-corrected chi connectivity index (χ3v) is 5.05. The lowest BCUT2D eigenvalue weighted by Crippen LogP contribution is -2.25. The molecule has 2 rings (SSSR count). The molecular weight excluding hydrogens is 380 g/mol. The van der Waals surface area contributed by atoms with E-state index in [0.29, 0.717) is 22.0 Å². The summed E-state index contributed by atoms with van der Waals surface area (Å²) in [6.45, 7) is 0.263. The van der Waals surface area contributed by atoms with E-state index in [0.717, 1.165) is 17.6 Å². The summed E-state index contributed by atoms with van der Waals surface area (Å²) < 4.78 is 25.2. The van der Waals surface area contributed by atoms with Gasteiger partial charge in [0.25, 0.3) is 0 Å². The standard InChI is InChI=1S/C17H19ClN2O3S2/c1-25(22,23)20-16-5-3-2-4-14(16)10-19-17(21)12-24-11-13-6-8-15(18)9-7-13/h2-9,20H,10-12H2,1H3,(H,19,21). The number of halogens is 1.